The highest BCUT2D eigenvalue weighted by atomic mass is 16.4. The molecule has 1 aromatic heterocycles. The molecule has 0 aromatic carbocycles. The van der Waals surface area contributed by atoms with E-state index in [1.54, 1.807) is 0 Å². The molecule has 1 heterocycles. The van der Waals surface area contributed by atoms with Gasteiger partial charge in [-0.05, 0) is 25.7 Å². The zero-order valence-corrected chi connectivity index (χ0v) is 18.8. The number of carboxylic acid groups (broad SMARTS) is 2. The first-order valence-corrected chi connectivity index (χ1v) is 10.5. The van der Waals surface area contributed by atoms with Crippen LogP contribution in [-0.2, 0) is 30.4 Å². The second-order valence-electron chi connectivity index (χ2n) is 8.14. The Balaban J connectivity index is 2.83. The number of amides is 3. The topological polar surface area (TPSA) is 217 Å². The highest BCUT2D eigenvalue weighted by Gasteiger charge is 2.29. The van der Waals surface area contributed by atoms with E-state index in [1.165, 1.54) is 19.4 Å². The van der Waals surface area contributed by atoms with Crippen molar-refractivity contribution in [1.82, 2.24) is 25.9 Å². The lowest BCUT2D eigenvalue weighted by atomic mass is 10.0. The molecule has 1 aromatic rings. The van der Waals surface area contributed by atoms with Crippen molar-refractivity contribution >= 4 is 29.7 Å². The Hall–Kier alpha value is -3.48. The van der Waals surface area contributed by atoms with E-state index in [0.29, 0.717) is 12.1 Å². The van der Waals surface area contributed by atoms with Crippen LogP contribution in [0.5, 0.6) is 0 Å². The Kier molecular flexibility index (Phi) is 11.0. The van der Waals surface area contributed by atoms with E-state index in [4.69, 9.17) is 10.8 Å². The van der Waals surface area contributed by atoms with Crippen LogP contribution < -0.4 is 21.7 Å². The van der Waals surface area contributed by atoms with E-state index in [0.717, 1.165) is 0 Å². The zero-order chi connectivity index (χ0) is 25.1. The van der Waals surface area contributed by atoms with Crippen LogP contribution >= 0.6 is 0 Å². The summed E-state index contributed by atoms with van der Waals surface area (Å²) in [6, 6.07) is -4.49. The van der Waals surface area contributed by atoms with Crippen molar-refractivity contribution in [3.63, 3.8) is 0 Å². The average Bonchev–Trinajstić information content (AvgIpc) is 3.22. The van der Waals surface area contributed by atoms with Crippen molar-refractivity contribution in [2.45, 2.75) is 70.6 Å². The van der Waals surface area contributed by atoms with Gasteiger partial charge < -0.3 is 36.9 Å². The molecule has 4 unspecified atom stereocenters. The minimum Gasteiger partial charge on any atom is -0.481 e. The van der Waals surface area contributed by atoms with Gasteiger partial charge in [-0.1, -0.05) is 13.8 Å². The fraction of sp³-hybridized carbons (Fsp3) is 0.600. The van der Waals surface area contributed by atoms with Crippen molar-refractivity contribution in [2.75, 3.05) is 0 Å². The molecule has 0 aliphatic heterocycles. The number of carbonyl (C=O) groups is 5. The Morgan fingerprint density at radius 2 is 1.64 bits per heavy atom. The Bertz CT molecular complexity index is 827. The predicted octanol–water partition coefficient (Wildman–Crippen LogP) is -1.25. The maximum atomic E-state index is 12.8. The maximum absolute atomic E-state index is 12.8. The van der Waals surface area contributed by atoms with Crippen LogP contribution in [0.4, 0.5) is 0 Å². The molecule has 33 heavy (non-hydrogen) atoms. The maximum Gasteiger partial charge on any atom is 0.326 e. The van der Waals surface area contributed by atoms with Gasteiger partial charge in [-0.25, -0.2) is 9.78 Å². The number of hydrogen-bond donors (Lipinski definition) is 7. The third kappa shape index (κ3) is 10.1. The number of nitrogens with one attached hydrogen (secondary N) is 4. The molecule has 0 saturated heterocycles. The first-order valence-electron chi connectivity index (χ1n) is 10.5. The quantitative estimate of drug-likeness (QED) is 0.173. The standard InChI is InChI=1S/C20H32N6O7/c1-10(2)6-13(21)18(30)26-15(7-12-8-22-9-23-12)19(31)24-11(3)17(29)25-14(20(32)33)4-5-16(27)28/h8-11,13-15H,4-7,21H2,1-3H3,(H,22,23)(H,24,31)(H,25,29)(H,26,30)(H,27,28)(H,32,33). The smallest absolute Gasteiger partial charge is 0.326 e. The molecule has 184 valence electrons. The molecule has 13 heteroatoms. The van der Waals surface area contributed by atoms with E-state index in [2.05, 4.69) is 25.9 Å². The molecule has 0 aliphatic carbocycles. The van der Waals surface area contributed by atoms with Crippen molar-refractivity contribution < 1.29 is 34.2 Å². The van der Waals surface area contributed by atoms with E-state index in [-0.39, 0.29) is 18.8 Å². The van der Waals surface area contributed by atoms with Gasteiger partial charge in [-0.3, -0.25) is 19.2 Å². The molecule has 0 radical (unpaired) electrons. The van der Waals surface area contributed by atoms with Gasteiger partial charge in [0.2, 0.25) is 17.7 Å². The predicted molar refractivity (Wildman–Crippen MR) is 116 cm³/mol. The number of aliphatic carboxylic acids is 2. The normalized spacial score (nSPS) is 14.6. The molecule has 0 bridgehead atoms. The van der Waals surface area contributed by atoms with Crippen LogP contribution in [0.1, 0.15) is 45.7 Å². The summed E-state index contributed by atoms with van der Waals surface area (Å²) < 4.78 is 0. The average molecular weight is 469 g/mol. The van der Waals surface area contributed by atoms with Crippen molar-refractivity contribution in [3.8, 4) is 0 Å². The number of carbonyl (C=O) groups excluding carboxylic acids is 3. The van der Waals surface area contributed by atoms with Crippen LogP contribution in [0.25, 0.3) is 0 Å². The zero-order valence-electron chi connectivity index (χ0n) is 18.8. The molecule has 0 spiro atoms. The highest BCUT2D eigenvalue weighted by molar-refractivity contribution is 5.94. The van der Waals surface area contributed by atoms with Gasteiger partial charge in [0, 0.05) is 24.7 Å². The van der Waals surface area contributed by atoms with Gasteiger partial charge in [0.1, 0.15) is 18.1 Å². The lowest BCUT2D eigenvalue weighted by molar-refractivity contribution is -0.143. The second-order valence-corrected chi connectivity index (χ2v) is 8.14. The van der Waals surface area contributed by atoms with Crippen molar-refractivity contribution in [2.24, 2.45) is 11.7 Å². The molecule has 8 N–H and O–H groups in total. The van der Waals surface area contributed by atoms with E-state index in [1.807, 2.05) is 13.8 Å². The Morgan fingerprint density at radius 3 is 2.15 bits per heavy atom. The molecule has 0 fully saturated rings. The van der Waals surface area contributed by atoms with Crippen LogP contribution in [0.15, 0.2) is 12.5 Å². The summed E-state index contributed by atoms with van der Waals surface area (Å²) in [5.41, 5.74) is 6.46. The van der Waals surface area contributed by atoms with Crippen LogP contribution in [0, 0.1) is 5.92 Å². The molecule has 3 amide bonds. The van der Waals surface area contributed by atoms with Gasteiger partial charge in [0.15, 0.2) is 0 Å². The van der Waals surface area contributed by atoms with Crippen LogP contribution in [0.3, 0.4) is 0 Å². The van der Waals surface area contributed by atoms with E-state index >= 15 is 0 Å². The number of rotatable bonds is 14. The first kappa shape index (κ1) is 27.6. The minimum absolute atomic E-state index is 0.0523. The summed E-state index contributed by atoms with van der Waals surface area (Å²) in [5, 5.41) is 25.1. The number of aromatic amines is 1. The number of H-pyrrole nitrogens is 1. The summed E-state index contributed by atoms with van der Waals surface area (Å²) in [5.74, 6) is -4.46. The summed E-state index contributed by atoms with van der Waals surface area (Å²) in [6.45, 7) is 5.15. The molecule has 0 aliphatic rings. The summed E-state index contributed by atoms with van der Waals surface area (Å²) in [7, 11) is 0. The lowest BCUT2D eigenvalue weighted by Gasteiger charge is -2.23. The highest BCUT2D eigenvalue weighted by Crippen LogP contribution is 2.05. The summed E-state index contributed by atoms with van der Waals surface area (Å²) in [6.07, 6.45) is 2.59. The molecular weight excluding hydrogens is 436 g/mol. The van der Waals surface area contributed by atoms with E-state index in [9.17, 15) is 29.1 Å². The van der Waals surface area contributed by atoms with Gasteiger partial charge in [0.05, 0.1) is 12.4 Å². The number of imidazole rings is 1. The number of hydrogen-bond acceptors (Lipinski definition) is 7. The van der Waals surface area contributed by atoms with Crippen molar-refractivity contribution in [1.29, 1.82) is 0 Å². The van der Waals surface area contributed by atoms with Gasteiger partial charge >= 0.3 is 11.9 Å². The number of nitrogens with zero attached hydrogens (tertiary/aromatic N) is 1. The fourth-order valence-corrected chi connectivity index (χ4v) is 2.92. The third-order valence-corrected chi connectivity index (χ3v) is 4.69. The molecule has 13 nitrogen and oxygen atoms in total. The first-order chi connectivity index (χ1) is 15.4. The van der Waals surface area contributed by atoms with Gasteiger partial charge in [-0.2, -0.15) is 0 Å². The molecule has 1 rings (SSSR count). The lowest BCUT2D eigenvalue weighted by Crippen LogP contribution is -2.57. The van der Waals surface area contributed by atoms with Crippen LogP contribution in [0.2, 0.25) is 0 Å². The van der Waals surface area contributed by atoms with Gasteiger partial charge in [-0.15, -0.1) is 0 Å². The number of aromatic nitrogens is 2. The van der Waals surface area contributed by atoms with Crippen molar-refractivity contribution in [3.05, 3.63) is 18.2 Å². The second kappa shape index (κ2) is 13.2. The largest absolute Gasteiger partial charge is 0.481 e. The van der Waals surface area contributed by atoms with Crippen LogP contribution in [-0.4, -0.2) is 74.0 Å². The van der Waals surface area contributed by atoms with Gasteiger partial charge in [0.25, 0.3) is 0 Å². The number of carboxylic acids is 2. The minimum atomic E-state index is -1.43. The summed E-state index contributed by atoms with van der Waals surface area (Å²) in [4.78, 5) is 66.3. The Morgan fingerprint density at radius 1 is 1.00 bits per heavy atom. The SMILES string of the molecule is CC(C)CC(N)C(=O)NC(Cc1cnc[nH]1)C(=O)NC(C)C(=O)NC(CCC(=O)O)C(=O)O. The molecule has 0 saturated carbocycles. The molecule has 4 atom stereocenters. The van der Waals surface area contributed by atoms with E-state index < -0.39 is 60.2 Å². The number of nitrogens with two attached hydrogens (primary N) is 1. The third-order valence-electron chi connectivity index (χ3n) is 4.69. The molecular formula is C20H32N6O7. The fourth-order valence-electron chi connectivity index (χ4n) is 2.92. The Labute approximate surface area is 190 Å². The summed E-state index contributed by atoms with van der Waals surface area (Å²) >= 11 is 0. The monoisotopic (exact) mass is 468 g/mol.